The highest BCUT2D eigenvalue weighted by molar-refractivity contribution is 7.85. The van der Waals surface area contributed by atoms with Gasteiger partial charge in [0.2, 0.25) is 0 Å². The first kappa shape index (κ1) is 32.4. The molecule has 0 atom stereocenters. The minimum absolute atomic E-state index is 0.00435. The molecule has 2 aliphatic heterocycles. The standard InChI is InChI=1S/C28H35N3O4S.CH4O3S/c1-33-25-9-7-21(18-26(25)34-2)22(19-29)17-24-8-10-27(36-24)31-15-11-23(12-16-31)35-28(32)20-30-13-5-3-4-6-14-30;1-5(2,3)4/h7-10,17-18,23H,3-6,11-16,20H2,1-2H3;1H3,(H,2,3,4)/b22-17+;. The van der Waals surface area contributed by atoms with Gasteiger partial charge in [-0.3, -0.25) is 14.2 Å². The van der Waals surface area contributed by atoms with Gasteiger partial charge in [-0.2, -0.15) is 13.7 Å². The maximum Gasteiger partial charge on any atom is 0.320 e. The third-order valence-electron chi connectivity index (χ3n) is 6.82. The second-order valence-electron chi connectivity index (χ2n) is 10.0. The Labute approximate surface area is 246 Å². The molecule has 0 spiro atoms. The van der Waals surface area contributed by atoms with Crippen molar-refractivity contribution in [2.45, 2.75) is 44.6 Å². The quantitative estimate of drug-likeness (QED) is 0.256. The number of nitrogens with zero attached hydrogens (tertiary/aromatic N) is 3. The van der Waals surface area contributed by atoms with Crippen LogP contribution in [-0.2, 0) is 19.6 Å². The molecule has 2 fully saturated rings. The summed E-state index contributed by atoms with van der Waals surface area (Å²) in [6.45, 7) is 4.13. The number of anilines is 1. The van der Waals surface area contributed by atoms with E-state index in [1.165, 1.54) is 30.7 Å². The number of piperidine rings is 1. The molecule has 10 nitrogen and oxygen atoms in total. The Morgan fingerprint density at radius 1 is 1.05 bits per heavy atom. The Morgan fingerprint density at radius 2 is 1.68 bits per heavy atom. The van der Waals surface area contributed by atoms with Gasteiger partial charge < -0.3 is 19.1 Å². The molecule has 1 aromatic carbocycles. The van der Waals surface area contributed by atoms with E-state index in [1.807, 2.05) is 30.3 Å². The predicted molar refractivity (Wildman–Crippen MR) is 161 cm³/mol. The zero-order chi connectivity index (χ0) is 29.8. The molecule has 41 heavy (non-hydrogen) atoms. The normalized spacial score (nSPS) is 17.0. The van der Waals surface area contributed by atoms with E-state index in [-0.39, 0.29) is 12.1 Å². The minimum atomic E-state index is -3.67. The van der Waals surface area contributed by atoms with Crippen LogP contribution < -0.4 is 14.4 Å². The molecule has 2 aromatic rings. The highest BCUT2D eigenvalue weighted by Crippen LogP contribution is 2.34. The van der Waals surface area contributed by atoms with Crippen LogP contribution in [0.5, 0.6) is 11.5 Å². The lowest BCUT2D eigenvalue weighted by atomic mass is 10.1. The van der Waals surface area contributed by atoms with Gasteiger partial charge in [-0.15, -0.1) is 11.3 Å². The highest BCUT2D eigenvalue weighted by Gasteiger charge is 2.24. The highest BCUT2D eigenvalue weighted by atomic mass is 32.2. The minimum Gasteiger partial charge on any atom is -0.493 e. The van der Waals surface area contributed by atoms with Crippen LogP contribution in [0.2, 0.25) is 0 Å². The van der Waals surface area contributed by atoms with Crippen molar-refractivity contribution in [3.05, 3.63) is 40.8 Å². The van der Waals surface area contributed by atoms with Gasteiger partial charge in [-0.05, 0) is 67.9 Å². The van der Waals surface area contributed by atoms with Gasteiger partial charge in [0, 0.05) is 30.8 Å². The van der Waals surface area contributed by atoms with Crippen molar-refractivity contribution in [3.8, 4) is 17.6 Å². The van der Waals surface area contributed by atoms with Crippen LogP contribution in [0, 0.1) is 11.3 Å². The van der Waals surface area contributed by atoms with Gasteiger partial charge >= 0.3 is 5.97 Å². The van der Waals surface area contributed by atoms with Crippen LogP contribution in [0.15, 0.2) is 30.3 Å². The molecule has 3 heterocycles. The van der Waals surface area contributed by atoms with E-state index in [2.05, 4.69) is 21.9 Å². The molecule has 2 saturated heterocycles. The summed E-state index contributed by atoms with van der Waals surface area (Å²) >= 11 is 1.66. The Balaban J connectivity index is 0.000000850. The summed E-state index contributed by atoms with van der Waals surface area (Å²) in [5.41, 5.74) is 1.35. The van der Waals surface area contributed by atoms with Gasteiger partial charge in [0.1, 0.15) is 6.10 Å². The monoisotopic (exact) mass is 605 g/mol. The van der Waals surface area contributed by atoms with Crippen molar-refractivity contribution in [1.29, 1.82) is 5.26 Å². The van der Waals surface area contributed by atoms with Crippen molar-refractivity contribution in [2.24, 2.45) is 0 Å². The van der Waals surface area contributed by atoms with Crippen LogP contribution in [0.1, 0.15) is 49.0 Å². The number of methoxy groups -OCH3 is 2. The molecule has 0 radical (unpaired) electrons. The van der Waals surface area contributed by atoms with Gasteiger partial charge in [0.05, 0.1) is 43.7 Å². The summed E-state index contributed by atoms with van der Waals surface area (Å²) in [5.74, 6) is 1.14. The largest absolute Gasteiger partial charge is 0.493 e. The summed E-state index contributed by atoms with van der Waals surface area (Å²) in [7, 11) is -0.488. The van der Waals surface area contributed by atoms with Gasteiger partial charge in [-0.25, -0.2) is 0 Å². The zero-order valence-electron chi connectivity index (χ0n) is 23.9. The topological polar surface area (TPSA) is 129 Å². The van der Waals surface area contributed by atoms with E-state index in [0.29, 0.717) is 29.9 Å². The first-order valence-electron chi connectivity index (χ1n) is 13.6. The molecule has 0 saturated carbocycles. The molecule has 0 aliphatic carbocycles. The van der Waals surface area contributed by atoms with E-state index in [4.69, 9.17) is 18.8 Å². The van der Waals surface area contributed by atoms with Crippen molar-refractivity contribution in [2.75, 3.05) is 58.1 Å². The fourth-order valence-electron chi connectivity index (χ4n) is 4.81. The molecular weight excluding hydrogens is 566 g/mol. The average molecular weight is 606 g/mol. The number of carbonyl (C=O) groups excluding carboxylic acids is 1. The average Bonchev–Trinajstić information content (AvgIpc) is 3.26. The number of thiophene rings is 1. The number of esters is 1. The lowest BCUT2D eigenvalue weighted by molar-refractivity contribution is -0.151. The van der Waals surface area contributed by atoms with E-state index in [1.54, 1.807) is 25.6 Å². The Bertz CT molecular complexity index is 1310. The number of rotatable bonds is 8. The van der Waals surface area contributed by atoms with E-state index < -0.39 is 10.1 Å². The summed E-state index contributed by atoms with van der Waals surface area (Å²) in [6.07, 6.45) is 9.17. The maximum atomic E-state index is 12.4. The van der Waals surface area contributed by atoms with E-state index in [0.717, 1.165) is 49.5 Å². The molecule has 2 aliphatic rings. The number of carbonyl (C=O) groups is 1. The molecule has 12 heteroatoms. The third kappa shape index (κ3) is 11.0. The third-order valence-corrected chi connectivity index (χ3v) is 7.91. The lowest BCUT2D eigenvalue weighted by Gasteiger charge is -2.32. The molecule has 224 valence electrons. The first-order valence-corrected chi connectivity index (χ1v) is 16.3. The Hall–Kier alpha value is -3.11. The van der Waals surface area contributed by atoms with Crippen LogP contribution in [0.3, 0.4) is 0 Å². The van der Waals surface area contributed by atoms with Crippen LogP contribution >= 0.6 is 11.3 Å². The number of likely N-dealkylation sites (tertiary alicyclic amines) is 1. The first-order chi connectivity index (χ1) is 19.6. The summed E-state index contributed by atoms with van der Waals surface area (Å²) < 4.78 is 42.4. The van der Waals surface area contributed by atoms with Crippen LogP contribution in [0.4, 0.5) is 5.00 Å². The van der Waals surface area contributed by atoms with Gasteiger partial charge in [-0.1, -0.05) is 12.8 Å². The summed E-state index contributed by atoms with van der Waals surface area (Å²) in [5, 5.41) is 10.9. The molecule has 0 amide bonds. The zero-order valence-corrected chi connectivity index (χ0v) is 25.5. The molecule has 1 aromatic heterocycles. The smallest absolute Gasteiger partial charge is 0.320 e. The van der Waals surface area contributed by atoms with E-state index >= 15 is 0 Å². The maximum absolute atomic E-state index is 12.4. The van der Waals surface area contributed by atoms with Gasteiger partial charge in [0.25, 0.3) is 10.1 Å². The van der Waals surface area contributed by atoms with E-state index in [9.17, 15) is 18.5 Å². The lowest BCUT2D eigenvalue weighted by Crippen LogP contribution is -2.39. The number of ether oxygens (including phenoxy) is 3. The number of benzene rings is 1. The van der Waals surface area contributed by atoms with Crippen LogP contribution in [0.25, 0.3) is 11.6 Å². The fraction of sp³-hybridized carbons (Fsp3) is 0.517. The molecule has 1 N–H and O–H groups in total. The second-order valence-corrected chi connectivity index (χ2v) is 12.6. The van der Waals surface area contributed by atoms with Crippen molar-refractivity contribution >= 4 is 44.1 Å². The number of hydrogen-bond donors (Lipinski definition) is 1. The SMILES string of the molecule is COc1ccc(/C(C#N)=C/c2ccc(N3CCC(OC(=O)CN4CCCCCC4)CC3)s2)cc1OC.CS(=O)(=O)O. The van der Waals surface area contributed by atoms with Crippen LogP contribution in [-0.4, -0.2) is 83.1 Å². The van der Waals surface area contributed by atoms with Gasteiger partial charge in [0.15, 0.2) is 11.5 Å². The molecule has 0 unspecified atom stereocenters. The fourth-order valence-corrected chi connectivity index (χ4v) is 5.81. The predicted octanol–water partition coefficient (Wildman–Crippen LogP) is 4.72. The summed E-state index contributed by atoms with van der Waals surface area (Å²) in [4.78, 5) is 18.0. The summed E-state index contributed by atoms with van der Waals surface area (Å²) in [6, 6.07) is 12.0. The molecule has 0 bridgehead atoms. The second kappa shape index (κ2) is 15.8. The Morgan fingerprint density at radius 3 is 2.27 bits per heavy atom. The number of hydrogen-bond acceptors (Lipinski definition) is 10. The number of allylic oxidation sites excluding steroid dienone is 1. The van der Waals surface area contributed by atoms with Crippen molar-refractivity contribution < 1.29 is 32.0 Å². The molecule has 4 rings (SSSR count). The van der Waals surface area contributed by atoms with Crippen molar-refractivity contribution in [1.82, 2.24) is 4.90 Å². The Kier molecular flexibility index (Phi) is 12.5. The molecular formula is C29H39N3O7S2. The number of nitriles is 1. The van der Waals surface area contributed by atoms with Crippen molar-refractivity contribution in [3.63, 3.8) is 0 Å².